The van der Waals surface area contributed by atoms with Crippen molar-refractivity contribution in [3.63, 3.8) is 0 Å². The second-order valence-electron chi connectivity index (χ2n) is 8.53. The molecule has 0 atom stereocenters. The molecule has 0 spiro atoms. The van der Waals surface area contributed by atoms with Gasteiger partial charge in [-0.2, -0.15) is 0 Å². The Morgan fingerprint density at radius 3 is 2.62 bits per heavy atom. The molecule has 2 fully saturated rings. The Morgan fingerprint density at radius 1 is 1.10 bits per heavy atom. The Morgan fingerprint density at radius 2 is 1.90 bits per heavy atom. The number of carbonyl (C=O) groups excluding carboxylic acids is 1. The summed E-state index contributed by atoms with van der Waals surface area (Å²) in [5.74, 6) is 2.38. The molecule has 0 aromatic carbocycles. The number of pyridine rings is 1. The van der Waals surface area contributed by atoms with Gasteiger partial charge in [-0.1, -0.05) is 19.3 Å². The molecule has 2 aliphatic rings. The molecule has 7 nitrogen and oxygen atoms in total. The van der Waals surface area contributed by atoms with Gasteiger partial charge in [-0.15, -0.1) is 0 Å². The molecule has 1 aliphatic heterocycles. The highest BCUT2D eigenvalue weighted by Crippen LogP contribution is 2.36. The van der Waals surface area contributed by atoms with E-state index in [9.17, 15) is 4.79 Å². The first kappa shape index (κ1) is 18.1. The maximum absolute atomic E-state index is 12.6. The van der Waals surface area contributed by atoms with Crippen LogP contribution in [0.4, 0.5) is 11.5 Å². The van der Waals surface area contributed by atoms with Crippen LogP contribution in [-0.4, -0.2) is 38.3 Å². The normalized spacial score (nSPS) is 16.8. The highest BCUT2D eigenvalue weighted by molar-refractivity contribution is 6.02. The summed E-state index contributed by atoms with van der Waals surface area (Å²) in [7, 11) is 0. The van der Waals surface area contributed by atoms with E-state index in [1.807, 2.05) is 36.7 Å². The average Bonchev–Trinajstić information content (AvgIpc) is 3.41. The van der Waals surface area contributed by atoms with E-state index in [4.69, 9.17) is 0 Å². The number of fused-ring (bicyclic) bond motifs is 1. The Kier molecular flexibility index (Phi) is 4.45. The maximum atomic E-state index is 12.6. The summed E-state index contributed by atoms with van der Waals surface area (Å²) in [6.07, 6.45) is 12.7. The van der Waals surface area contributed by atoms with Crippen LogP contribution in [0.2, 0.25) is 0 Å². The molecular weight excluding hydrogens is 364 g/mol. The van der Waals surface area contributed by atoms with Crippen LogP contribution in [0.25, 0.3) is 5.65 Å². The van der Waals surface area contributed by atoms with E-state index in [0.717, 1.165) is 47.6 Å². The van der Waals surface area contributed by atoms with E-state index >= 15 is 0 Å². The van der Waals surface area contributed by atoms with Crippen LogP contribution >= 0.6 is 0 Å². The lowest BCUT2D eigenvalue weighted by molar-refractivity contribution is 0.102. The average molecular weight is 390 g/mol. The Bertz CT molecular complexity index is 1050. The van der Waals surface area contributed by atoms with Crippen LogP contribution in [-0.2, 0) is 0 Å². The molecule has 1 saturated heterocycles. The van der Waals surface area contributed by atoms with Crippen LogP contribution in [0.5, 0.6) is 0 Å². The largest absolute Gasteiger partial charge is 0.355 e. The molecule has 150 valence electrons. The molecule has 0 radical (unpaired) electrons. The van der Waals surface area contributed by atoms with E-state index in [1.54, 1.807) is 12.4 Å². The number of rotatable bonds is 6. The first-order valence-corrected chi connectivity index (χ1v) is 10.4. The molecule has 3 aromatic rings. The Hall–Kier alpha value is -2.96. The molecule has 4 heterocycles. The van der Waals surface area contributed by atoms with E-state index in [0.29, 0.717) is 11.4 Å². The maximum Gasteiger partial charge on any atom is 0.275 e. The predicted molar refractivity (Wildman–Crippen MR) is 112 cm³/mol. The van der Waals surface area contributed by atoms with Crippen LogP contribution in [0.3, 0.4) is 0 Å². The van der Waals surface area contributed by atoms with Gasteiger partial charge in [-0.3, -0.25) is 4.79 Å². The Balaban J connectivity index is 1.20. The Labute approximate surface area is 170 Å². The topological polar surface area (TPSA) is 75.4 Å². The smallest absolute Gasteiger partial charge is 0.275 e. The monoisotopic (exact) mass is 390 g/mol. The first-order chi connectivity index (χ1) is 14.0. The summed E-state index contributed by atoms with van der Waals surface area (Å²) in [6.45, 7) is 6.04. The fraction of sp³-hybridized carbons (Fsp3) is 0.455. The van der Waals surface area contributed by atoms with Gasteiger partial charge in [-0.05, 0) is 43.7 Å². The van der Waals surface area contributed by atoms with Gasteiger partial charge in [-0.25, -0.2) is 15.0 Å². The number of anilines is 2. The molecule has 0 unspecified atom stereocenters. The van der Waals surface area contributed by atoms with Crippen molar-refractivity contribution in [2.75, 3.05) is 23.3 Å². The summed E-state index contributed by atoms with van der Waals surface area (Å²) < 4.78 is 1.93. The number of aromatic nitrogens is 4. The van der Waals surface area contributed by atoms with Gasteiger partial charge in [0.1, 0.15) is 17.2 Å². The van der Waals surface area contributed by atoms with Crippen LogP contribution < -0.4 is 10.2 Å². The summed E-state index contributed by atoms with van der Waals surface area (Å²) in [4.78, 5) is 28.1. The molecule has 1 N–H and O–H groups in total. The van der Waals surface area contributed by atoms with Gasteiger partial charge in [0, 0.05) is 25.5 Å². The van der Waals surface area contributed by atoms with Crippen molar-refractivity contribution in [2.45, 2.75) is 39.5 Å². The van der Waals surface area contributed by atoms with Crippen molar-refractivity contribution >= 4 is 23.1 Å². The van der Waals surface area contributed by atoms with Gasteiger partial charge >= 0.3 is 0 Å². The fourth-order valence-electron chi connectivity index (χ4n) is 4.07. The third-order valence-corrected chi connectivity index (χ3v) is 5.95. The van der Waals surface area contributed by atoms with Crippen molar-refractivity contribution in [1.29, 1.82) is 0 Å². The standard InChI is InChI=1S/C22H26N6O/c1-14-7-18(13-28-10-15(2)25-21(14)28)26-22(29)19-8-24-20(9-23-19)27-11-17(12-27)6-5-16-3-4-16/h7-10,13,16-17H,3-6,11-12H2,1-2H3,(H,26,29). The van der Waals surface area contributed by atoms with E-state index in [2.05, 4.69) is 25.2 Å². The van der Waals surface area contributed by atoms with E-state index < -0.39 is 0 Å². The molecule has 1 saturated carbocycles. The van der Waals surface area contributed by atoms with Crippen molar-refractivity contribution in [2.24, 2.45) is 11.8 Å². The molecular formula is C22H26N6O. The van der Waals surface area contributed by atoms with Crippen LogP contribution in [0.1, 0.15) is 47.4 Å². The molecule has 5 rings (SSSR count). The third-order valence-electron chi connectivity index (χ3n) is 5.95. The number of aryl methyl sites for hydroxylation is 2. The molecule has 29 heavy (non-hydrogen) atoms. The lowest BCUT2D eigenvalue weighted by atomic mass is 9.93. The number of nitrogens with one attached hydrogen (secondary N) is 1. The van der Waals surface area contributed by atoms with Gasteiger partial charge in [0.25, 0.3) is 5.91 Å². The second kappa shape index (κ2) is 7.13. The van der Waals surface area contributed by atoms with Crippen molar-refractivity contribution in [1.82, 2.24) is 19.4 Å². The lowest BCUT2D eigenvalue weighted by Gasteiger charge is -2.40. The molecule has 1 aliphatic carbocycles. The number of hydrogen-bond acceptors (Lipinski definition) is 5. The van der Waals surface area contributed by atoms with Crippen molar-refractivity contribution in [3.8, 4) is 0 Å². The summed E-state index contributed by atoms with van der Waals surface area (Å²) in [6, 6.07) is 1.92. The predicted octanol–water partition coefficient (Wildman–Crippen LogP) is 3.62. The van der Waals surface area contributed by atoms with Crippen LogP contribution in [0, 0.1) is 25.7 Å². The molecule has 7 heteroatoms. The number of amides is 1. The molecule has 0 bridgehead atoms. The van der Waals surface area contributed by atoms with Gasteiger partial charge in [0.2, 0.25) is 0 Å². The van der Waals surface area contributed by atoms with Gasteiger partial charge in [0.05, 0.1) is 23.8 Å². The zero-order valence-corrected chi connectivity index (χ0v) is 16.9. The number of imidazole rings is 1. The summed E-state index contributed by atoms with van der Waals surface area (Å²) in [5, 5.41) is 2.91. The molecule has 1 amide bonds. The third kappa shape index (κ3) is 3.81. The van der Waals surface area contributed by atoms with Crippen LogP contribution in [0.15, 0.2) is 30.9 Å². The first-order valence-electron chi connectivity index (χ1n) is 10.4. The summed E-state index contributed by atoms with van der Waals surface area (Å²) >= 11 is 0. The zero-order valence-electron chi connectivity index (χ0n) is 16.9. The quantitative estimate of drug-likeness (QED) is 0.696. The van der Waals surface area contributed by atoms with E-state index in [-0.39, 0.29) is 5.91 Å². The SMILES string of the molecule is Cc1cn2cc(NC(=O)c3cnc(N4CC(CCC5CC5)C4)cn3)cc(C)c2n1. The minimum Gasteiger partial charge on any atom is -0.355 e. The number of nitrogens with zero attached hydrogens (tertiary/aromatic N) is 5. The highest BCUT2D eigenvalue weighted by Gasteiger charge is 2.30. The highest BCUT2D eigenvalue weighted by atomic mass is 16.1. The second-order valence-corrected chi connectivity index (χ2v) is 8.53. The van der Waals surface area contributed by atoms with Crippen molar-refractivity contribution in [3.05, 3.63) is 47.8 Å². The lowest BCUT2D eigenvalue weighted by Crippen LogP contribution is -2.47. The number of hydrogen-bond donors (Lipinski definition) is 1. The fourth-order valence-corrected chi connectivity index (χ4v) is 4.07. The van der Waals surface area contributed by atoms with E-state index in [1.165, 1.54) is 25.7 Å². The van der Waals surface area contributed by atoms with Crippen molar-refractivity contribution < 1.29 is 4.79 Å². The zero-order chi connectivity index (χ0) is 20.0. The van der Waals surface area contributed by atoms with Gasteiger partial charge in [0.15, 0.2) is 0 Å². The minimum atomic E-state index is -0.259. The summed E-state index contributed by atoms with van der Waals surface area (Å²) in [5.41, 5.74) is 3.88. The number of carbonyl (C=O) groups is 1. The van der Waals surface area contributed by atoms with Gasteiger partial charge < -0.3 is 14.6 Å². The minimum absolute atomic E-state index is 0.259. The molecule has 3 aromatic heterocycles.